The van der Waals surface area contributed by atoms with Gasteiger partial charge in [0.2, 0.25) is 0 Å². The lowest BCUT2D eigenvalue weighted by Crippen LogP contribution is -2.45. The first-order valence-electron chi connectivity index (χ1n) is 10.2. The molecule has 158 valence electrons. The van der Waals surface area contributed by atoms with Gasteiger partial charge in [0.05, 0.1) is 17.2 Å². The molecule has 1 aromatic rings. The predicted octanol–water partition coefficient (Wildman–Crippen LogP) is 3.15. The fourth-order valence-corrected chi connectivity index (χ4v) is 4.99. The molecule has 1 fully saturated rings. The van der Waals surface area contributed by atoms with Crippen LogP contribution in [0.5, 0.6) is 0 Å². The van der Waals surface area contributed by atoms with E-state index in [2.05, 4.69) is 15.6 Å². The molecule has 0 amide bonds. The van der Waals surface area contributed by atoms with Gasteiger partial charge in [-0.05, 0) is 45.4 Å². The molecule has 2 N–H and O–H groups in total. The molecule has 28 heavy (non-hydrogen) atoms. The minimum absolute atomic E-state index is 0.00541. The monoisotopic (exact) mass is 417 g/mol. The Kier molecular flexibility index (Phi) is 7.56. The van der Waals surface area contributed by atoms with Crippen LogP contribution in [0.3, 0.4) is 0 Å². The first-order valence-corrected chi connectivity index (χ1v) is 11.1. The van der Waals surface area contributed by atoms with Gasteiger partial charge in [0.25, 0.3) is 0 Å². The molecular weight excluding hydrogens is 387 g/mol. The summed E-state index contributed by atoms with van der Waals surface area (Å²) in [6, 6.07) is 0.00541. The fourth-order valence-electron chi connectivity index (χ4n) is 3.79. The van der Waals surface area contributed by atoms with E-state index in [9.17, 15) is 13.2 Å². The van der Waals surface area contributed by atoms with E-state index in [4.69, 9.17) is 4.98 Å². The lowest BCUT2D eigenvalue weighted by molar-refractivity contribution is -0.143. The van der Waals surface area contributed by atoms with E-state index in [0.717, 1.165) is 25.8 Å². The molecule has 0 bridgehead atoms. The number of guanidine groups is 1. The van der Waals surface area contributed by atoms with Crippen molar-refractivity contribution in [2.24, 2.45) is 4.99 Å². The van der Waals surface area contributed by atoms with Crippen molar-refractivity contribution in [3.63, 3.8) is 0 Å². The number of thiazole rings is 1. The molecule has 1 saturated heterocycles. The number of aliphatic imine (C=N–C) groups is 1. The summed E-state index contributed by atoms with van der Waals surface area (Å²) < 4.78 is 37.6. The Morgan fingerprint density at radius 3 is 2.89 bits per heavy atom. The summed E-state index contributed by atoms with van der Waals surface area (Å²) in [6.45, 7) is 3.42. The van der Waals surface area contributed by atoms with E-state index in [1.165, 1.54) is 39.7 Å². The van der Waals surface area contributed by atoms with E-state index < -0.39 is 12.7 Å². The van der Waals surface area contributed by atoms with Crippen LogP contribution in [-0.4, -0.2) is 60.8 Å². The van der Waals surface area contributed by atoms with Gasteiger partial charge in [-0.3, -0.25) is 9.89 Å². The first-order chi connectivity index (χ1) is 13.4. The largest absolute Gasteiger partial charge is 0.401 e. The lowest BCUT2D eigenvalue weighted by atomic mass is 10.0. The molecule has 0 aromatic carbocycles. The Bertz CT molecular complexity index is 635. The number of aromatic nitrogens is 1. The van der Waals surface area contributed by atoms with E-state index in [1.54, 1.807) is 0 Å². The van der Waals surface area contributed by atoms with E-state index in [-0.39, 0.29) is 6.04 Å². The van der Waals surface area contributed by atoms with Crippen LogP contribution in [0.2, 0.25) is 0 Å². The van der Waals surface area contributed by atoms with Gasteiger partial charge in [0, 0.05) is 43.5 Å². The zero-order chi connectivity index (χ0) is 20.0. The molecule has 1 aliphatic carbocycles. The summed E-state index contributed by atoms with van der Waals surface area (Å²) in [7, 11) is 0. The van der Waals surface area contributed by atoms with Crippen LogP contribution in [0.1, 0.15) is 48.2 Å². The van der Waals surface area contributed by atoms with Crippen molar-refractivity contribution < 1.29 is 13.2 Å². The van der Waals surface area contributed by atoms with Gasteiger partial charge in [-0.25, -0.2) is 4.98 Å². The zero-order valence-corrected chi connectivity index (χ0v) is 17.3. The number of alkyl halides is 3. The smallest absolute Gasteiger partial charge is 0.357 e. The number of hydrogen-bond acceptors (Lipinski definition) is 4. The van der Waals surface area contributed by atoms with Gasteiger partial charge >= 0.3 is 6.18 Å². The molecule has 1 aliphatic heterocycles. The number of hydrogen-bond donors (Lipinski definition) is 2. The summed E-state index contributed by atoms with van der Waals surface area (Å²) in [5.74, 6) is 0.694. The summed E-state index contributed by atoms with van der Waals surface area (Å²) in [4.78, 5) is 12.3. The molecule has 1 atom stereocenters. The maximum atomic E-state index is 12.5. The maximum Gasteiger partial charge on any atom is 0.401 e. The fraction of sp³-hybridized carbons (Fsp3) is 0.789. The van der Waals surface area contributed by atoms with Crippen LogP contribution >= 0.6 is 11.3 Å². The van der Waals surface area contributed by atoms with Gasteiger partial charge in [-0.2, -0.15) is 13.2 Å². The van der Waals surface area contributed by atoms with Crippen molar-refractivity contribution in [1.82, 2.24) is 20.5 Å². The van der Waals surface area contributed by atoms with Crippen LogP contribution in [0.15, 0.2) is 4.99 Å². The lowest BCUT2D eigenvalue weighted by Gasteiger charge is -2.19. The van der Waals surface area contributed by atoms with Gasteiger partial charge in [-0.15, -0.1) is 11.3 Å². The standard InChI is InChI=1S/C19H30F3N5S/c1-2-23-18(25-14-9-11-27(12-14)13-19(20,21)22)24-10-5-8-17-26-15-6-3-4-7-16(15)28-17/h14H,2-13H2,1H3,(H2,23,24,25). The van der Waals surface area contributed by atoms with Gasteiger partial charge in [-0.1, -0.05) is 0 Å². The van der Waals surface area contributed by atoms with E-state index in [1.807, 2.05) is 18.3 Å². The quantitative estimate of drug-likeness (QED) is 0.407. The van der Waals surface area contributed by atoms with Crippen LogP contribution < -0.4 is 10.6 Å². The Morgan fingerprint density at radius 2 is 2.14 bits per heavy atom. The van der Waals surface area contributed by atoms with Crippen molar-refractivity contribution in [2.45, 2.75) is 64.1 Å². The third kappa shape index (κ3) is 6.62. The summed E-state index contributed by atoms with van der Waals surface area (Å²) >= 11 is 1.85. The van der Waals surface area contributed by atoms with Crippen molar-refractivity contribution in [3.8, 4) is 0 Å². The molecule has 0 spiro atoms. The first kappa shape index (κ1) is 21.4. The Labute approximate surface area is 168 Å². The Hall–Kier alpha value is -1.35. The van der Waals surface area contributed by atoms with Crippen molar-refractivity contribution in [3.05, 3.63) is 15.6 Å². The highest BCUT2D eigenvalue weighted by Gasteiger charge is 2.34. The average molecular weight is 418 g/mol. The molecule has 1 unspecified atom stereocenters. The normalized spacial score (nSPS) is 21.0. The summed E-state index contributed by atoms with van der Waals surface area (Å²) in [6.07, 6.45) is 3.24. The van der Waals surface area contributed by atoms with Crippen molar-refractivity contribution in [1.29, 1.82) is 0 Å². The zero-order valence-electron chi connectivity index (χ0n) is 16.4. The molecule has 1 aromatic heterocycles. The number of halogens is 3. The maximum absolute atomic E-state index is 12.5. The summed E-state index contributed by atoms with van der Waals surface area (Å²) in [5.41, 5.74) is 1.30. The van der Waals surface area contributed by atoms with Gasteiger partial charge in [0.15, 0.2) is 5.96 Å². The molecule has 3 rings (SSSR count). The highest BCUT2D eigenvalue weighted by Crippen LogP contribution is 2.27. The predicted molar refractivity (Wildman–Crippen MR) is 107 cm³/mol. The highest BCUT2D eigenvalue weighted by atomic mass is 32.1. The minimum Gasteiger partial charge on any atom is -0.357 e. The van der Waals surface area contributed by atoms with Gasteiger partial charge in [0.1, 0.15) is 0 Å². The molecule has 2 heterocycles. The second kappa shape index (κ2) is 9.91. The second-order valence-corrected chi connectivity index (χ2v) is 8.70. The molecule has 0 saturated carbocycles. The average Bonchev–Trinajstić information content (AvgIpc) is 3.23. The third-order valence-electron chi connectivity index (χ3n) is 5.07. The molecule has 2 aliphatic rings. The van der Waals surface area contributed by atoms with Crippen LogP contribution in [0, 0.1) is 0 Å². The number of nitrogens with one attached hydrogen (secondary N) is 2. The third-order valence-corrected chi connectivity index (χ3v) is 6.29. The number of likely N-dealkylation sites (tertiary alicyclic amines) is 1. The number of nitrogens with zero attached hydrogens (tertiary/aromatic N) is 3. The van der Waals surface area contributed by atoms with Crippen LogP contribution in [-0.2, 0) is 19.3 Å². The molecule has 0 radical (unpaired) electrons. The molecule has 5 nitrogen and oxygen atoms in total. The van der Waals surface area contributed by atoms with Crippen molar-refractivity contribution in [2.75, 3.05) is 32.7 Å². The number of aryl methyl sites for hydroxylation is 3. The number of rotatable bonds is 7. The topological polar surface area (TPSA) is 52.6 Å². The van der Waals surface area contributed by atoms with Crippen molar-refractivity contribution >= 4 is 17.3 Å². The van der Waals surface area contributed by atoms with Gasteiger partial charge < -0.3 is 10.6 Å². The Morgan fingerprint density at radius 1 is 1.32 bits per heavy atom. The second-order valence-electron chi connectivity index (χ2n) is 7.53. The molecule has 9 heteroatoms. The van der Waals surface area contributed by atoms with E-state index in [0.29, 0.717) is 32.0 Å². The molecular formula is C19H30F3N5S. The minimum atomic E-state index is -4.14. The SMILES string of the molecule is CCNC(=NCCCc1nc2c(s1)CCCC2)NC1CCN(CC(F)(F)F)C1. The Balaban J connectivity index is 1.43. The summed E-state index contributed by atoms with van der Waals surface area (Å²) in [5, 5.41) is 7.69. The van der Waals surface area contributed by atoms with Crippen LogP contribution in [0.25, 0.3) is 0 Å². The van der Waals surface area contributed by atoms with Crippen LogP contribution in [0.4, 0.5) is 13.2 Å². The van der Waals surface area contributed by atoms with E-state index >= 15 is 0 Å². The number of fused-ring (bicyclic) bond motifs is 1. The highest BCUT2D eigenvalue weighted by molar-refractivity contribution is 7.11.